The predicted octanol–water partition coefficient (Wildman–Crippen LogP) is 5.05. The largest absolute Gasteiger partial charge is 0.459 e. The third-order valence-electron chi connectivity index (χ3n) is 5.78. The number of carbonyl (C=O) groups is 1. The second kappa shape index (κ2) is 8.99. The Hall–Kier alpha value is -4.40. The van der Waals surface area contributed by atoms with E-state index >= 15 is 0 Å². The molecule has 0 aliphatic rings. The summed E-state index contributed by atoms with van der Waals surface area (Å²) in [6.45, 7) is 7.03. The van der Waals surface area contributed by atoms with Crippen LogP contribution in [0.1, 0.15) is 39.3 Å². The number of rotatable bonds is 6. The van der Waals surface area contributed by atoms with E-state index in [1.807, 2.05) is 43.3 Å². The molecular formula is C27H27N5O4. The Kier molecular flexibility index (Phi) is 5.83. The van der Waals surface area contributed by atoms with Crippen molar-refractivity contribution in [2.75, 3.05) is 5.32 Å². The van der Waals surface area contributed by atoms with E-state index in [1.165, 1.54) is 10.8 Å². The molecule has 0 fully saturated rings. The van der Waals surface area contributed by atoms with Crippen molar-refractivity contribution in [3.05, 3.63) is 77.0 Å². The molecule has 3 heterocycles. The lowest BCUT2D eigenvalue weighted by Crippen LogP contribution is -2.33. The van der Waals surface area contributed by atoms with Crippen molar-refractivity contribution in [1.82, 2.24) is 19.7 Å². The summed E-state index contributed by atoms with van der Waals surface area (Å²) in [5, 5.41) is 12.0. The zero-order valence-corrected chi connectivity index (χ0v) is 20.5. The van der Waals surface area contributed by atoms with Gasteiger partial charge >= 0.3 is 5.97 Å². The van der Waals surface area contributed by atoms with Crippen molar-refractivity contribution in [3.8, 4) is 11.4 Å². The van der Waals surface area contributed by atoms with Crippen molar-refractivity contribution in [3.63, 3.8) is 0 Å². The van der Waals surface area contributed by atoms with Crippen LogP contribution in [0.3, 0.4) is 0 Å². The first kappa shape index (κ1) is 23.3. The van der Waals surface area contributed by atoms with Crippen LogP contribution in [0, 0.1) is 0 Å². The van der Waals surface area contributed by atoms with Crippen LogP contribution in [0.5, 0.6) is 0 Å². The molecule has 184 valence electrons. The summed E-state index contributed by atoms with van der Waals surface area (Å²) in [4.78, 5) is 30.6. The smallest absolute Gasteiger partial charge is 0.326 e. The third-order valence-corrected chi connectivity index (χ3v) is 5.78. The summed E-state index contributed by atoms with van der Waals surface area (Å²) in [6.07, 6.45) is 4.65. The Labute approximate surface area is 207 Å². The summed E-state index contributed by atoms with van der Waals surface area (Å²) in [5.41, 5.74) is 2.42. The van der Waals surface area contributed by atoms with Gasteiger partial charge in [-0.1, -0.05) is 24.3 Å². The van der Waals surface area contributed by atoms with Crippen LogP contribution in [0.25, 0.3) is 33.3 Å². The minimum Gasteiger partial charge on any atom is -0.459 e. The second-order valence-electron chi connectivity index (χ2n) is 9.68. The first-order chi connectivity index (χ1) is 17.2. The van der Waals surface area contributed by atoms with Crippen molar-refractivity contribution in [1.29, 1.82) is 0 Å². The van der Waals surface area contributed by atoms with Gasteiger partial charge in [0.2, 0.25) is 0 Å². The normalized spacial score (nSPS) is 12.7. The molecule has 0 aliphatic carbocycles. The van der Waals surface area contributed by atoms with E-state index in [1.54, 1.807) is 33.2 Å². The van der Waals surface area contributed by atoms with E-state index in [9.17, 15) is 9.59 Å². The van der Waals surface area contributed by atoms with Gasteiger partial charge in [-0.05, 0) is 51.5 Å². The Morgan fingerprint density at radius 2 is 1.92 bits per heavy atom. The molecule has 0 aliphatic heterocycles. The van der Waals surface area contributed by atoms with E-state index in [0.29, 0.717) is 11.4 Å². The number of ether oxygens (including phenoxy) is 1. The van der Waals surface area contributed by atoms with Crippen molar-refractivity contribution in [2.24, 2.45) is 0 Å². The quantitative estimate of drug-likeness (QED) is 0.324. The van der Waals surface area contributed by atoms with Crippen molar-refractivity contribution < 1.29 is 13.9 Å². The zero-order valence-electron chi connectivity index (χ0n) is 20.5. The number of nitrogens with one attached hydrogen (secondary N) is 2. The number of aromatic amines is 1. The molecule has 5 rings (SSSR count). The molecule has 0 bridgehead atoms. The number of fused-ring (bicyclic) bond motifs is 3. The number of hydrogen-bond donors (Lipinski definition) is 2. The number of anilines is 1. The molecule has 0 saturated heterocycles. The monoisotopic (exact) mass is 485 g/mol. The third kappa shape index (κ3) is 4.59. The molecule has 9 heteroatoms. The Morgan fingerprint density at radius 1 is 1.14 bits per heavy atom. The van der Waals surface area contributed by atoms with Gasteiger partial charge in [-0.15, -0.1) is 0 Å². The molecule has 36 heavy (non-hydrogen) atoms. The summed E-state index contributed by atoms with van der Waals surface area (Å²) in [6, 6.07) is 13.6. The predicted molar refractivity (Wildman–Crippen MR) is 138 cm³/mol. The van der Waals surface area contributed by atoms with Gasteiger partial charge in [0.15, 0.2) is 0 Å². The first-order valence-corrected chi connectivity index (χ1v) is 11.7. The van der Waals surface area contributed by atoms with Gasteiger partial charge in [0.1, 0.15) is 34.8 Å². The van der Waals surface area contributed by atoms with E-state index in [0.717, 1.165) is 27.5 Å². The number of furan rings is 1. The highest BCUT2D eigenvalue weighted by Gasteiger charge is 2.21. The summed E-state index contributed by atoms with van der Waals surface area (Å²) in [7, 11) is 0. The molecule has 5 aromatic rings. The highest BCUT2D eigenvalue weighted by molar-refractivity contribution is 6.05. The van der Waals surface area contributed by atoms with Gasteiger partial charge < -0.3 is 14.5 Å². The maximum absolute atomic E-state index is 13.5. The van der Waals surface area contributed by atoms with Crippen LogP contribution < -0.4 is 10.9 Å². The highest BCUT2D eigenvalue weighted by Crippen LogP contribution is 2.31. The van der Waals surface area contributed by atoms with E-state index in [4.69, 9.17) is 9.15 Å². The fraction of sp³-hybridized carbons (Fsp3) is 0.259. The number of hydrogen-bond acceptors (Lipinski definition) is 7. The number of benzene rings is 2. The first-order valence-electron chi connectivity index (χ1n) is 11.7. The number of esters is 1. The van der Waals surface area contributed by atoms with E-state index < -0.39 is 11.6 Å². The van der Waals surface area contributed by atoms with Crippen LogP contribution in [0.2, 0.25) is 0 Å². The standard InChI is InChI=1S/C27H27N5O4/c1-16(17-9-10-23-20(11-17)19-7-5-6-8-22(19)35-23)31-21-14-28-25(18-12-29-30-13-18)32(26(21)34)15-24(33)36-27(2,3)4/h5-14,16,31H,15H2,1-4H3,(H,29,30)/t16-/m1/s1. The SMILES string of the molecule is C[C@@H](Nc1cnc(-c2cn[nH]c2)n(CC(=O)OC(C)(C)C)c1=O)c1ccc2oc3ccccc3c2c1. The van der Waals surface area contributed by atoms with Crippen molar-refractivity contribution >= 4 is 33.6 Å². The average Bonchev–Trinajstić information content (AvgIpc) is 3.48. The lowest BCUT2D eigenvalue weighted by Gasteiger charge is -2.21. The molecule has 0 amide bonds. The molecule has 9 nitrogen and oxygen atoms in total. The molecule has 0 radical (unpaired) electrons. The van der Waals surface area contributed by atoms with Crippen LogP contribution in [-0.4, -0.2) is 31.3 Å². The molecule has 3 aromatic heterocycles. The lowest BCUT2D eigenvalue weighted by atomic mass is 10.0. The molecule has 0 unspecified atom stereocenters. The van der Waals surface area contributed by atoms with Crippen LogP contribution in [0.15, 0.2) is 70.3 Å². The average molecular weight is 486 g/mol. The van der Waals surface area contributed by atoms with Gasteiger partial charge in [-0.2, -0.15) is 5.10 Å². The number of para-hydroxylation sites is 1. The maximum Gasteiger partial charge on any atom is 0.326 e. The van der Waals surface area contributed by atoms with E-state index in [-0.39, 0.29) is 23.8 Å². The fourth-order valence-electron chi connectivity index (χ4n) is 4.17. The van der Waals surface area contributed by atoms with Crippen molar-refractivity contribution in [2.45, 2.75) is 45.9 Å². The molecule has 2 N–H and O–H groups in total. The molecular weight excluding hydrogens is 458 g/mol. The van der Waals surface area contributed by atoms with Crippen LogP contribution in [0.4, 0.5) is 5.69 Å². The van der Waals surface area contributed by atoms with Crippen LogP contribution >= 0.6 is 0 Å². The van der Waals surface area contributed by atoms with E-state index in [2.05, 4.69) is 26.6 Å². The minimum atomic E-state index is -0.676. The molecule has 0 saturated carbocycles. The summed E-state index contributed by atoms with van der Waals surface area (Å²) >= 11 is 0. The topological polar surface area (TPSA) is 115 Å². The minimum absolute atomic E-state index is 0.215. The number of H-pyrrole nitrogens is 1. The molecule has 1 atom stereocenters. The Bertz CT molecular complexity index is 1610. The highest BCUT2D eigenvalue weighted by atomic mass is 16.6. The summed E-state index contributed by atoms with van der Waals surface area (Å²) < 4.78 is 12.7. The Morgan fingerprint density at radius 3 is 2.67 bits per heavy atom. The fourth-order valence-corrected chi connectivity index (χ4v) is 4.17. The zero-order chi connectivity index (χ0) is 25.4. The van der Waals surface area contributed by atoms with Gasteiger partial charge in [0, 0.05) is 23.0 Å². The number of carbonyl (C=O) groups excluding carboxylic acids is 1. The second-order valence-corrected chi connectivity index (χ2v) is 9.68. The molecule has 0 spiro atoms. The number of nitrogens with zero attached hydrogens (tertiary/aromatic N) is 3. The number of aromatic nitrogens is 4. The van der Waals surface area contributed by atoms with Gasteiger partial charge in [-0.3, -0.25) is 19.3 Å². The van der Waals surface area contributed by atoms with Crippen LogP contribution in [-0.2, 0) is 16.1 Å². The lowest BCUT2D eigenvalue weighted by molar-refractivity contribution is -0.155. The van der Waals surface area contributed by atoms with Gasteiger partial charge in [0.05, 0.1) is 18.0 Å². The van der Waals surface area contributed by atoms with Gasteiger partial charge in [0.25, 0.3) is 5.56 Å². The summed E-state index contributed by atoms with van der Waals surface area (Å²) in [5.74, 6) is -0.206. The maximum atomic E-state index is 13.5. The Balaban J connectivity index is 1.48. The van der Waals surface area contributed by atoms with Gasteiger partial charge in [-0.25, -0.2) is 4.98 Å². The molecule has 2 aromatic carbocycles.